The van der Waals surface area contributed by atoms with E-state index in [0.717, 1.165) is 42.3 Å². The Morgan fingerprint density at radius 2 is 1.93 bits per heavy atom. The average molecular weight is 369 g/mol. The molecule has 1 saturated carbocycles. The number of rotatable bonds is 3. The van der Waals surface area contributed by atoms with Crippen LogP contribution in [0.2, 0.25) is 0 Å². The number of hydrogen-bond donors (Lipinski definition) is 1. The zero-order chi connectivity index (χ0) is 19.6. The molecule has 0 radical (unpaired) electrons. The first-order valence-electron chi connectivity index (χ1n) is 9.41. The van der Waals surface area contributed by atoms with Gasteiger partial charge in [0.15, 0.2) is 0 Å². The molecule has 1 aliphatic rings. The molecule has 0 aliphatic heterocycles. The van der Waals surface area contributed by atoms with E-state index >= 15 is 0 Å². The van der Waals surface area contributed by atoms with Crippen molar-refractivity contribution >= 4 is 17.0 Å². The fourth-order valence-corrected chi connectivity index (χ4v) is 3.56. The molecule has 0 unspecified atom stereocenters. The molecule has 6 heteroatoms. The fourth-order valence-electron chi connectivity index (χ4n) is 3.56. The number of hydrogen-bond acceptors (Lipinski definition) is 4. The molecule has 27 heavy (non-hydrogen) atoms. The van der Waals surface area contributed by atoms with E-state index in [9.17, 15) is 10.1 Å². The Balaban J connectivity index is 1.60. The number of carbonyl (C=O) groups excluding carboxylic acids is 1. The lowest BCUT2D eigenvalue weighted by Gasteiger charge is -2.30. The van der Waals surface area contributed by atoms with Gasteiger partial charge in [0.25, 0.3) is 0 Å². The highest BCUT2D eigenvalue weighted by molar-refractivity contribution is 5.90. The van der Waals surface area contributed by atoms with Crippen LogP contribution >= 0.6 is 0 Å². The van der Waals surface area contributed by atoms with Crippen LogP contribution in [-0.4, -0.2) is 28.4 Å². The minimum absolute atomic E-state index is 0.109. The molecule has 0 atom stereocenters. The van der Waals surface area contributed by atoms with Crippen molar-refractivity contribution in [3.05, 3.63) is 30.0 Å². The molecule has 6 nitrogen and oxygen atoms in total. The Morgan fingerprint density at radius 3 is 2.56 bits per heavy atom. The van der Waals surface area contributed by atoms with Gasteiger partial charge in [0.2, 0.25) is 0 Å². The number of nitriles is 1. The van der Waals surface area contributed by atoms with E-state index in [2.05, 4.69) is 11.4 Å². The highest BCUT2D eigenvalue weighted by Crippen LogP contribution is 2.32. The predicted molar refractivity (Wildman–Crippen MR) is 104 cm³/mol. The summed E-state index contributed by atoms with van der Waals surface area (Å²) in [4.78, 5) is 11.9. The van der Waals surface area contributed by atoms with E-state index in [1.165, 1.54) is 0 Å². The van der Waals surface area contributed by atoms with Gasteiger partial charge in [-0.2, -0.15) is 5.26 Å². The van der Waals surface area contributed by atoms with E-state index in [4.69, 9.17) is 9.47 Å². The van der Waals surface area contributed by atoms with Gasteiger partial charge in [-0.15, -0.1) is 0 Å². The lowest BCUT2D eigenvalue weighted by Crippen LogP contribution is -2.42. The largest absolute Gasteiger partial charge is 0.490 e. The van der Waals surface area contributed by atoms with Crippen LogP contribution < -0.4 is 10.1 Å². The second-order valence-electron chi connectivity index (χ2n) is 8.15. The number of benzene rings is 1. The second kappa shape index (κ2) is 7.51. The number of aryl methyl sites for hydroxylation is 1. The first kappa shape index (κ1) is 19.1. The molecule has 1 fully saturated rings. The summed E-state index contributed by atoms with van der Waals surface area (Å²) in [5.41, 5.74) is 1.06. The zero-order valence-electron chi connectivity index (χ0n) is 16.4. The van der Waals surface area contributed by atoms with Crippen molar-refractivity contribution in [3.63, 3.8) is 0 Å². The maximum atomic E-state index is 11.9. The molecule has 0 saturated heterocycles. The Labute approximate surface area is 160 Å². The topological polar surface area (TPSA) is 76.3 Å². The van der Waals surface area contributed by atoms with Gasteiger partial charge in [0.05, 0.1) is 17.2 Å². The van der Waals surface area contributed by atoms with Crippen molar-refractivity contribution in [1.82, 2.24) is 9.88 Å². The van der Waals surface area contributed by atoms with E-state index in [1.54, 1.807) is 0 Å². The standard InChI is InChI=1S/C21H27N3O3/c1-21(2,3)27-20(25)23-15-6-8-16(9-7-15)26-18-10-5-14(13-22)19-17(18)11-12-24(19)4/h5,10-12,15-16H,6-9H2,1-4H3,(H,23,25). The Bertz CT molecular complexity index is 865. The molecule has 2 aromatic rings. The Morgan fingerprint density at radius 1 is 1.22 bits per heavy atom. The van der Waals surface area contributed by atoms with Crippen molar-refractivity contribution in [2.24, 2.45) is 7.05 Å². The van der Waals surface area contributed by atoms with Crippen LogP contribution in [0, 0.1) is 11.3 Å². The van der Waals surface area contributed by atoms with Gasteiger partial charge in [-0.05, 0) is 64.7 Å². The summed E-state index contributed by atoms with van der Waals surface area (Å²) in [5.74, 6) is 0.813. The monoisotopic (exact) mass is 369 g/mol. The van der Waals surface area contributed by atoms with Crippen LogP contribution in [-0.2, 0) is 11.8 Å². The Kier molecular flexibility index (Phi) is 5.31. The summed E-state index contributed by atoms with van der Waals surface area (Å²) in [5, 5.41) is 13.2. The van der Waals surface area contributed by atoms with Crippen LogP contribution in [0.25, 0.3) is 10.9 Å². The number of amides is 1. The predicted octanol–water partition coefficient (Wildman–Crippen LogP) is 4.26. The number of aromatic nitrogens is 1. The van der Waals surface area contributed by atoms with Crippen molar-refractivity contribution in [2.45, 2.75) is 64.2 Å². The Hall–Kier alpha value is -2.68. The van der Waals surface area contributed by atoms with E-state index in [-0.39, 0.29) is 18.2 Å². The third kappa shape index (κ3) is 4.54. The third-order valence-electron chi connectivity index (χ3n) is 4.80. The van der Waals surface area contributed by atoms with Crippen LogP contribution in [0.1, 0.15) is 52.0 Å². The van der Waals surface area contributed by atoms with Gasteiger partial charge in [-0.1, -0.05) is 0 Å². The zero-order valence-corrected chi connectivity index (χ0v) is 16.4. The molecular weight excluding hydrogens is 342 g/mol. The number of ether oxygens (including phenoxy) is 2. The SMILES string of the molecule is Cn1ccc2c(OC3CCC(NC(=O)OC(C)(C)C)CC3)ccc(C#N)c21. The second-order valence-corrected chi connectivity index (χ2v) is 8.15. The molecule has 1 amide bonds. The summed E-state index contributed by atoms with van der Waals surface area (Å²) in [6.07, 6.45) is 5.16. The molecule has 144 valence electrons. The summed E-state index contributed by atoms with van der Waals surface area (Å²) < 4.78 is 13.5. The van der Waals surface area contributed by atoms with E-state index in [1.807, 2.05) is 56.8 Å². The lowest BCUT2D eigenvalue weighted by molar-refractivity contribution is 0.0471. The average Bonchev–Trinajstić information content (AvgIpc) is 2.98. The molecule has 1 N–H and O–H groups in total. The third-order valence-corrected chi connectivity index (χ3v) is 4.80. The fraction of sp³-hybridized carbons (Fsp3) is 0.524. The van der Waals surface area contributed by atoms with Crippen LogP contribution in [0.5, 0.6) is 5.75 Å². The molecule has 1 aliphatic carbocycles. The van der Waals surface area contributed by atoms with Crippen molar-refractivity contribution in [2.75, 3.05) is 0 Å². The number of fused-ring (bicyclic) bond motifs is 1. The van der Waals surface area contributed by atoms with Crippen molar-refractivity contribution in [3.8, 4) is 11.8 Å². The van der Waals surface area contributed by atoms with Gasteiger partial charge in [0, 0.05) is 24.7 Å². The summed E-state index contributed by atoms with van der Waals surface area (Å²) >= 11 is 0. The van der Waals surface area contributed by atoms with Gasteiger partial charge in [-0.25, -0.2) is 4.79 Å². The molecular formula is C21H27N3O3. The first-order chi connectivity index (χ1) is 12.8. The van der Waals surface area contributed by atoms with Gasteiger partial charge in [-0.3, -0.25) is 0 Å². The number of alkyl carbamates (subject to hydrolysis) is 1. The van der Waals surface area contributed by atoms with Crippen LogP contribution in [0.3, 0.4) is 0 Å². The van der Waals surface area contributed by atoms with E-state index in [0.29, 0.717) is 5.56 Å². The highest BCUT2D eigenvalue weighted by atomic mass is 16.6. The minimum Gasteiger partial charge on any atom is -0.490 e. The molecule has 1 aromatic heterocycles. The maximum Gasteiger partial charge on any atom is 0.407 e. The number of nitrogens with one attached hydrogen (secondary N) is 1. The van der Waals surface area contributed by atoms with Crippen molar-refractivity contribution in [1.29, 1.82) is 5.26 Å². The van der Waals surface area contributed by atoms with Gasteiger partial charge < -0.3 is 19.4 Å². The first-order valence-corrected chi connectivity index (χ1v) is 9.41. The van der Waals surface area contributed by atoms with Gasteiger partial charge >= 0.3 is 6.09 Å². The maximum absolute atomic E-state index is 11.9. The summed E-state index contributed by atoms with van der Waals surface area (Å²) in [6, 6.07) is 8.04. The van der Waals surface area contributed by atoms with Crippen LogP contribution in [0.15, 0.2) is 24.4 Å². The normalized spacial score (nSPS) is 20.1. The van der Waals surface area contributed by atoms with Crippen molar-refractivity contribution < 1.29 is 14.3 Å². The molecule has 3 rings (SSSR count). The quantitative estimate of drug-likeness (QED) is 0.877. The van der Waals surface area contributed by atoms with E-state index < -0.39 is 5.60 Å². The minimum atomic E-state index is -0.485. The smallest absolute Gasteiger partial charge is 0.407 e. The molecule has 0 bridgehead atoms. The molecule has 0 spiro atoms. The molecule has 1 heterocycles. The van der Waals surface area contributed by atoms with Gasteiger partial charge in [0.1, 0.15) is 17.4 Å². The summed E-state index contributed by atoms with van der Waals surface area (Å²) in [7, 11) is 1.93. The summed E-state index contributed by atoms with van der Waals surface area (Å²) in [6.45, 7) is 5.58. The molecule has 1 aromatic carbocycles. The number of carbonyl (C=O) groups is 1. The number of nitrogens with zero attached hydrogens (tertiary/aromatic N) is 2. The highest BCUT2D eigenvalue weighted by Gasteiger charge is 2.26. The van der Waals surface area contributed by atoms with Crippen LogP contribution in [0.4, 0.5) is 4.79 Å². The lowest BCUT2D eigenvalue weighted by atomic mass is 9.93.